The lowest BCUT2D eigenvalue weighted by atomic mass is 9.78. The third-order valence-corrected chi connectivity index (χ3v) is 8.82. The first-order valence-corrected chi connectivity index (χ1v) is 14.7. The van der Waals surface area contributed by atoms with Gasteiger partial charge in [-0.05, 0) is 71.3 Å². The smallest absolute Gasteiger partial charge is 0.337 e. The number of anilines is 2. The number of rotatable bonds is 6. The number of para-hydroxylation sites is 2. The molecule has 1 N–H and O–H groups in total. The summed E-state index contributed by atoms with van der Waals surface area (Å²) in [5, 5.41) is 5.41. The molecule has 4 aromatic rings. The molecule has 1 aromatic heterocycles. The third-order valence-electron chi connectivity index (χ3n) is 7.97. The zero-order valence-electron chi connectivity index (χ0n) is 24.0. The highest BCUT2D eigenvalue weighted by Gasteiger charge is 2.42. The number of ether oxygens (including phenoxy) is 3. The molecule has 0 unspecified atom stereocenters. The summed E-state index contributed by atoms with van der Waals surface area (Å²) in [5.74, 6) is 0.364. The maximum absolute atomic E-state index is 14.3. The van der Waals surface area contributed by atoms with Gasteiger partial charge in [-0.3, -0.25) is 14.5 Å². The van der Waals surface area contributed by atoms with E-state index in [0.29, 0.717) is 45.2 Å². The molecule has 0 spiro atoms. The highest BCUT2D eigenvalue weighted by atomic mass is 32.1. The number of hydrogen-bond acceptors (Lipinski definition) is 8. The van der Waals surface area contributed by atoms with Gasteiger partial charge in [0.05, 0.1) is 49.2 Å². The Morgan fingerprint density at radius 2 is 1.60 bits per heavy atom. The van der Waals surface area contributed by atoms with Crippen LogP contribution in [-0.4, -0.2) is 39.0 Å². The number of fused-ring (bicyclic) bond motifs is 1. The number of benzene rings is 3. The first-order valence-electron chi connectivity index (χ1n) is 13.8. The van der Waals surface area contributed by atoms with Gasteiger partial charge in [0, 0.05) is 17.7 Å². The molecule has 1 aliphatic heterocycles. The minimum absolute atomic E-state index is 0.0626. The first-order chi connectivity index (χ1) is 20.9. The van der Waals surface area contributed by atoms with Gasteiger partial charge in [0.2, 0.25) is 0 Å². The van der Waals surface area contributed by atoms with Crippen LogP contribution in [0.15, 0.2) is 95.5 Å². The maximum atomic E-state index is 14.3. The lowest BCUT2D eigenvalue weighted by Crippen LogP contribution is -2.38. The normalized spacial score (nSPS) is 17.7. The number of nitrogens with zero attached hydrogens (tertiary/aromatic N) is 1. The second-order valence-electron chi connectivity index (χ2n) is 10.3. The van der Waals surface area contributed by atoms with Crippen molar-refractivity contribution in [1.29, 1.82) is 0 Å². The van der Waals surface area contributed by atoms with Gasteiger partial charge < -0.3 is 19.5 Å². The maximum Gasteiger partial charge on any atom is 0.337 e. The van der Waals surface area contributed by atoms with Crippen LogP contribution in [0.2, 0.25) is 0 Å². The molecule has 9 heteroatoms. The fourth-order valence-corrected chi connectivity index (χ4v) is 6.57. The summed E-state index contributed by atoms with van der Waals surface area (Å²) in [4.78, 5) is 43.0. The minimum Gasteiger partial charge on any atom is -0.493 e. The molecule has 8 nitrogen and oxygen atoms in total. The van der Waals surface area contributed by atoms with E-state index in [1.807, 2.05) is 53.9 Å². The molecule has 0 saturated heterocycles. The van der Waals surface area contributed by atoms with Crippen molar-refractivity contribution in [3.8, 4) is 11.5 Å². The Balaban J connectivity index is 1.52. The largest absolute Gasteiger partial charge is 0.493 e. The molecule has 6 rings (SSSR count). The summed E-state index contributed by atoms with van der Waals surface area (Å²) in [6.07, 6.45) is 0.798. The van der Waals surface area contributed by atoms with Crippen LogP contribution < -0.4 is 19.7 Å². The number of amides is 1. The second-order valence-corrected chi connectivity index (χ2v) is 11.3. The Kier molecular flexibility index (Phi) is 7.73. The summed E-state index contributed by atoms with van der Waals surface area (Å²) in [6, 6.07) is 23.1. The zero-order chi connectivity index (χ0) is 30.1. The minimum atomic E-state index is -0.730. The van der Waals surface area contributed by atoms with Crippen LogP contribution in [-0.2, 0) is 9.53 Å². The highest BCUT2D eigenvalue weighted by molar-refractivity contribution is 7.12. The molecule has 43 heavy (non-hydrogen) atoms. The fraction of sp³-hybridized carbons (Fsp3) is 0.206. The standard InChI is InChI=1S/C34H30N2O6S/c1-40-28-15-14-22(19-29(28)41-2)23-17-25-31(27(37)18-23)32(20-10-12-21(13-11-20)34(39)42-3)36(33(38)30-9-6-16-43-30)26-8-5-4-7-24(26)35-25/h4-16,19,23,32,35H,17-18H2,1-3H3/t23-,32-/m0/s1. The van der Waals surface area contributed by atoms with E-state index in [2.05, 4.69) is 5.32 Å². The highest BCUT2D eigenvalue weighted by Crippen LogP contribution is 2.48. The van der Waals surface area contributed by atoms with Crippen molar-refractivity contribution in [3.63, 3.8) is 0 Å². The number of thiophene rings is 1. The predicted molar refractivity (Wildman–Crippen MR) is 165 cm³/mol. The average molecular weight is 595 g/mol. The number of methoxy groups -OCH3 is 3. The Labute approximate surface area is 253 Å². The van der Waals surface area contributed by atoms with Gasteiger partial charge in [-0.15, -0.1) is 11.3 Å². The number of ketones is 1. The van der Waals surface area contributed by atoms with Crippen LogP contribution in [0.4, 0.5) is 11.4 Å². The average Bonchev–Trinajstić information content (AvgIpc) is 3.54. The molecule has 2 atom stereocenters. The molecular weight excluding hydrogens is 564 g/mol. The summed E-state index contributed by atoms with van der Waals surface area (Å²) >= 11 is 1.35. The molecule has 0 fully saturated rings. The molecule has 0 radical (unpaired) electrons. The predicted octanol–water partition coefficient (Wildman–Crippen LogP) is 6.77. The van der Waals surface area contributed by atoms with Crippen LogP contribution in [0.25, 0.3) is 0 Å². The number of carbonyl (C=O) groups excluding carboxylic acids is 3. The summed E-state index contributed by atoms with van der Waals surface area (Å²) in [6.45, 7) is 0. The molecular formula is C34H30N2O6S. The first kappa shape index (κ1) is 28.2. The summed E-state index contributed by atoms with van der Waals surface area (Å²) < 4.78 is 15.9. The van der Waals surface area contributed by atoms with Crippen molar-refractivity contribution in [1.82, 2.24) is 0 Å². The van der Waals surface area contributed by atoms with Gasteiger partial charge >= 0.3 is 5.97 Å². The van der Waals surface area contributed by atoms with E-state index in [1.54, 1.807) is 49.5 Å². The van der Waals surface area contributed by atoms with E-state index in [-0.39, 0.29) is 24.0 Å². The van der Waals surface area contributed by atoms with Crippen molar-refractivity contribution < 1.29 is 28.6 Å². The Bertz CT molecular complexity index is 1730. The molecule has 3 aromatic carbocycles. The van der Waals surface area contributed by atoms with E-state index in [9.17, 15) is 14.4 Å². The van der Waals surface area contributed by atoms with Crippen molar-refractivity contribution >= 4 is 40.4 Å². The van der Waals surface area contributed by atoms with E-state index in [1.165, 1.54) is 18.4 Å². The summed E-state index contributed by atoms with van der Waals surface area (Å²) in [5.41, 5.74) is 4.73. The summed E-state index contributed by atoms with van der Waals surface area (Å²) in [7, 11) is 4.51. The van der Waals surface area contributed by atoms with Gasteiger partial charge in [0.25, 0.3) is 5.91 Å². The third kappa shape index (κ3) is 5.17. The van der Waals surface area contributed by atoms with Gasteiger partial charge in [-0.25, -0.2) is 4.79 Å². The molecule has 1 aliphatic carbocycles. The quantitative estimate of drug-likeness (QED) is 0.246. The molecule has 1 amide bonds. The van der Waals surface area contributed by atoms with E-state index in [4.69, 9.17) is 14.2 Å². The topological polar surface area (TPSA) is 94.2 Å². The molecule has 2 heterocycles. The van der Waals surface area contributed by atoms with Crippen molar-refractivity contribution in [3.05, 3.63) is 117 Å². The number of Topliss-reactive ketones (excluding diaryl/α,β-unsaturated/α-hetero) is 1. The monoisotopic (exact) mass is 594 g/mol. The Hall–Kier alpha value is -4.89. The van der Waals surface area contributed by atoms with Gasteiger partial charge in [0.15, 0.2) is 17.3 Å². The van der Waals surface area contributed by atoms with Crippen molar-refractivity contribution in [2.24, 2.45) is 0 Å². The van der Waals surface area contributed by atoms with Gasteiger partial charge in [0.1, 0.15) is 0 Å². The van der Waals surface area contributed by atoms with Crippen molar-refractivity contribution in [2.45, 2.75) is 24.8 Å². The SMILES string of the molecule is COC(=O)c1ccc([C@H]2C3=C(C[C@H](c4ccc(OC)c(OC)c4)CC3=O)Nc3ccccc3N2C(=O)c2cccs2)cc1. The second kappa shape index (κ2) is 11.8. The fourth-order valence-electron chi connectivity index (χ4n) is 5.91. The van der Waals surface area contributed by atoms with Crippen LogP contribution >= 0.6 is 11.3 Å². The number of hydrogen-bond donors (Lipinski definition) is 1. The molecule has 2 aliphatic rings. The van der Waals surface area contributed by atoms with E-state index in [0.717, 1.165) is 16.9 Å². The Morgan fingerprint density at radius 3 is 2.30 bits per heavy atom. The van der Waals surface area contributed by atoms with E-state index >= 15 is 0 Å². The zero-order valence-corrected chi connectivity index (χ0v) is 24.8. The van der Waals surface area contributed by atoms with Gasteiger partial charge in [-0.1, -0.05) is 36.4 Å². The molecule has 0 saturated carbocycles. The van der Waals surface area contributed by atoms with E-state index < -0.39 is 12.0 Å². The van der Waals surface area contributed by atoms with Crippen LogP contribution in [0.1, 0.15) is 56.0 Å². The number of allylic oxidation sites excluding steroid dienone is 1. The number of carbonyl (C=O) groups is 3. The van der Waals surface area contributed by atoms with Gasteiger partial charge in [-0.2, -0.15) is 0 Å². The lowest BCUT2D eigenvalue weighted by molar-refractivity contribution is -0.116. The Morgan fingerprint density at radius 1 is 0.860 bits per heavy atom. The molecule has 0 bridgehead atoms. The van der Waals surface area contributed by atoms with Crippen molar-refractivity contribution in [2.75, 3.05) is 31.5 Å². The van der Waals surface area contributed by atoms with Crippen LogP contribution in [0, 0.1) is 0 Å². The number of nitrogens with one attached hydrogen (secondary N) is 1. The van der Waals surface area contributed by atoms with Crippen LogP contribution in [0.5, 0.6) is 11.5 Å². The number of esters is 1. The lowest BCUT2D eigenvalue weighted by Gasteiger charge is -2.35. The molecule has 218 valence electrons. The van der Waals surface area contributed by atoms with Crippen LogP contribution in [0.3, 0.4) is 0 Å².